The van der Waals surface area contributed by atoms with Crippen LogP contribution in [0.15, 0.2) is 97.1 Å². The smallest absolute Gasteiger partial charge is 0.320 e. The highest BCUT2D eigenvalue weighted by Crippen LogP contribution is 2.43. The molecule has 1 atom stereocenters. The van der Waals surface area contributed by atoms with E-state index in [1.807, 2.05) is 104 Å². The largest absolute Gasteiger partial charge is 0.488 e. The van der Waals surface area contributed by atoms with Gasteiger partial charge in [0.1, 0.15) is 17.8 Å². The van der Waals surface area contributed by atoms with Gasteiger partial charge in [0.05, 0.1) is 6.61 Å². The summed E-state index contributed by atoms with van der Waals surface area (Å²) in [6.07, 6.45) is 8.31. The van der Waals surface area contributed by atoms with Gasteiger partial charge in [-0.05, 0) is 48.2 Å². The van der Waals surface area contributed by atoms with Crippen LogP contribution in [0, 0.1) is 0 Å². The lowest BCUT2D eigenvalue weighted by Gasteiger charge is -2.31. The first-order valence-electron chi connectivity index (χ1n) is 10.7. The maximum atomic E-state index is 13.2. The predicted molar refractivity (Wildman–Crippen MR) is 129 cm³/mol. The van der Waals surface area contributed by atoms with Crippen molar-refractivity contribution in [2.45, 2.75) is 25.4 Å². The summed E-state index contributed by atoms with van der Waals surface area (Å²) in [5, 5.41) is 0.603. The van der Waals surface area contributed by atoms with E-state index in [2.05, 4.69) is 0 Å². The molecule has 0 aromatic heterocycles. The molecule has 0 bridgehead atoms. The summed E-state index contributed by atoms with van der Waals surface area (Å²) in [7, 11) is 0. The minimum atomic E-state index is -0.902. The third kappa shape index (κ3) is 4.49. The molecule has 162 valence electrons. The molecule has 4 heteroatoms. The molecule has 0 heterocycles. The average molecular weight is 445 g/mol. The summed E-state index contributed by atoms with van der Waals surface area (Å²) in [5.74, 6) is 0.446. The molecular weight excluding hydrogens is 420 g/mol. The second-order valence-electron chi connectivity index (χ2n) is 7.64. The molecule has 0 aliphatic heterocycles. The summed E-state index contributed by atoms with van der Waals surface area (Å²) in [6.45, 7) is 2.58. The SMILES string of the molecule is CCOC(=O)C1(c2ccccc2-c2cc(Cl)ccc2OCc2ccccc2)C=CC=CC1. The minimum Gasteiger partial charge on any atom is -0.488 e. The van der Waals surface area contributed by atoms with Gasteiger partial charge in [-0.15, -0.1) is 0 Å². The normalized spacial score (nSPS) is 17.2. The monoisotopic (exact) mass is 444 g/mol. The van der Waals surface area contributed by atoms with Gasteiger partial charge in [-0.1, -0.05) is 90.5 Å². The van der Waals surface area contributed by atoms with Crippen LogP contribution in [-0.4, -0.2) is 12.6 Å². The van der Waals surface area contributed by atoms with Gasteiger partial charge in [-0.25, -0.2) is 0 Å². The van der Waals surface area contributed by atoms with Crippen LogP contribution < -0.4 is 4.74 Å². The highest BCUT2D eigenvalue weighted by Gasteiger charge is 2.41. The number of hydrogen-bond donors (Lipinski definition) is 0. The molecule has 0 saturated carbocycles. The third-order valence-corrected chi connectivity index (χ3v) is 5.82. The Bertz CT molecular complexity index is 1150. The lowest BCUT2D eigenvalue weighted by molar-refractivity contribution is -0.148. The number of esters is 1. The van der Waals surface area contributed by atoms with Crippen molar-refractivity contribution < 1.29 is 14.3 Å². The first-order chi connectivity index (χ1) is 15.6. The first kappa shape index (κ1) is 21.9. The van der Waals surface area contributed by atoms with E-state index >= 15 is 0 Å². The molecule has 0 fully saturated rings. The van der Waals surface area contributed by atoms with E-state index in [0.717, 1.165) is 22.3 Å². The van der Waals surface area contributed by atoms with E-state index in [1.165, 1.54) is 0 Å². The predicted octanol–water partition coefficient (Wildman–Crippen LogP) is 6.90. The average Bonchev–Trinajstić information content (AvgIpc) is 2.84. The van der Waals surface area contributed by atoms with Crippen molar-refractivity contribution >= 4 is 17.6 Å². The van der Waals surface area contributed by atoms with Gasteiger partial charge >= 0.3 is 5.97 Å². The summed E-state index contributed by atoms with van der Waals surface area (Å²) in [6, 6.07) is 23.5. The minimum absolute atomic E-state index is 0.262. The third-order valence-electron chi connectivity index (χ3n) is 5.58. The fourth-order valence-electron chi connectivity index (χ4n) is 4.02. The van der Waals surface area contributed by atoms with Crippen molar-refractivity contribution in [2.75, 3.05) is 6.61 Å². The van der Waals surface area contributed by atoms with Crippen LogP contribution in [0.1, 0.15) is 24.5 Å². The van der Waals surface area contributed by atoms with E-state index in [1.54, 1.807) is 0 Å². The molecule has 4 rings (SSSR count). The number of allylic oxidation sites excluding steroid dienone is 3. The Morgan fingerprint density at radius 2 is 1.75 bits per heavy atom. The van der Waals surface area contributed by atoms with E-state index in [0.29, 0.717) is 30.4 Å². The van der Waals surface area contributed by atoms with Crippen molar-refractivity contribution in [3.05, 3.63) is 113 Å². The zero-order chi connectivity index (χ0) is 22.4. The fourth-order valence-corrected chi connectivity index (χ4v) is 4.19. The Balaban J connectivity index is 1.80. The van der Waals surface area contributed by atoms with Crippen molar-refractivity contribution in [3.63, 3.8) is 0 Å². The van der Waals surface area contributed by atoms with Gasteiger partial charge < -0.3 is 9.47 Å². The number of rotatable bonds is 7. The van der Waals surface area contributed by atoms with E-state index < -0.39 is 5.41 Å². The summed E-state index contributed by atoms with van der Waals surface area (Å²) in [4.78, 5) is 13.2. The van der Waals surface area contributed by atoms with E-state index in [9.17, 15) is 4.79 Å². The molecule has 0 spiro atoms. The number of halogens is 1. The van der Waals surface area contributed by atoms with Gasteiger partial charge in [0.25, 0.3) is 0 Å². The maximum absolute atomic E-state index is 13.2. The maximum Gasteiger partial charge on any atom is 0.320 e. The number of carbonyl (C=O) groups excluding carboxylic acids is 1. The first-order valence-corrected chi connectivity index (χ1v) is 11.1. The lowest BCUT2D eigenvalue weighted by atomic mass is 9.72. The zero-order valence-corrected chi connectivity index (χ0v) is 18.7. The van der Waals surface area contributed by atoms with Crippen LogP contribution in [0.3, 0.4) is 0 Å². The van der Waals surface area contributed by atoms with Gasteiger partial charge in [-0.3, -0.25) is 4.79 Å². The van der Waals surface area contributed by atoms with Gasteiger partial charge in [-0.2, -0.15) is 0 Å². The standard InChI is InChI=1S/C28H25ClO3/c1-2-31-27(30)28(17-9-4-10-18-28)25-14-8-7-13-23(25)24-19-22(29)15-16-26(24)32-20-21-11-5-3-6-12-21/h3-17,19H,2,18,20H2,1H3. The highest BCUT2D eigenvalue weighted by molar-refractivity contribution is 6.31. The molecule has 1 aliphatic carbocycles. The van der Waals surface area contributed by atoms with Crippen LogP contribution in [-0.2, 0) is 21.6 Å². The molecule has 3 aromatic rings. The Morgan fingerprint density at radius 3 is 2.50 bits per heavy atom. The van der Waals surface area contributed by atoms with Gasteiger partial charge in [0.2, 0.25) is 0 Å². The second-order valence-corrected chi connectivity index (χ2v) is 8.08. The number of ether oxygens (including phenoxy) is 2. The number of hydrogen-bond acceptors (Lipinski definition) is 3. The zero-order valence-electron chi connectivity index (χ0n) is 18.0. The molecule has 0 N–H and O–H groups in total. The van der Waals surface area contributed by atoms with Crippen LogP contribution in [0.4, 0.5) is 0 Å². The van der Waals surface area contributed by atoms with Crippen molar-refractivity contribution in [1.82, 2.24) is 0 Å². The Labute approximate surface area is 194 Å². The topological polar surface area (TPSA) is 35.5 Å². The quantitative estimate of drug-likeness (QED) is 0.371. The Morgan fingerprint density at radius 1 is 0.969 bits per heavy atom. The van der Waals surface area contributed by atoms with Gasteiger partial charge in [0.15, 0.2) is 0 Å². The van der Waals surface area contributed by atoms with E-state index in [-0.39, 0.29) is 5.97 Å². The van der Waals surface area contributed by atoms with Crippen LogP contribution in [0.25, 0.3) is 11.1 Å². The molecule has 3 nitrogen and oxygen atoms in total. The van der Waals surface area contributed by atoms with Crippen molar-refractivity contribution in [1.29, 1.82) is 0 Å². The van der Waals surface area contributed by atoms with Crippen LogP contribution >= 0.6 is 11.6 Å². The van der Waals surface area contributed by atoms with E-state index in [4.69, 9.17) is 21.1 Å². The highest BCUT2D eigenvalue weighted by atomic mass is 35.5. The lowest BCUT2D eigenvalue weighted by Crippen LogP contribution is -2.36. The Hall–Kier alpha value is -3.30. The summed E-state index contributed by atoms with van der Waals surface area (Å²) < 4.78 is 11.7. The number of carbonyl (C=O) groups is 1. The van der Waals surface area contributed by atoms with Crippen LogP contribution in [0.2, 0.25) is 5.02 Å². The molecule has 0 radical (unpaired) electrons. The van der Waals surface area contributed by atoms with Crippen molar-refractivity contribution in [3.8, 4) is 16.9 Å². The van der Waals surface area contributed by atoms with Gasteiger partial charge in [0, 0.05) is 10.6 Å². The summed E-state index contributed by atoms with van der Waals surface area (Å²) in [5.41, 5.74) is 2.78. The summed E-state index contributed by atoms with van der Waals surface area (Å²) >= 11 is 6.40. The molecule has 32 heavy (non-hydrogen) atoms. The van der Waals surface area contributed by atoms with Crippen LogP contribution in [0.5, 0.6) is 5.75 Å². The molecule has 0 saturated heterocycles. The second kappa shape index (κ2) is 9.88. The molecule has 1 aliphatic rings. The molecule has 3 aromatic carbocycles. The number of benzene rings is 3. The molecule has 1 unspecified atom stereocenters. The Kier molecular flexibility index (Phi) is 6.77. The fraction of sp³-hybridized carbons (Fsp3) is 0.179. The molecule has 0 amide bonds. The van der Waals surface area contributed by atoms with Crippen molar-refractivity contribution in [2.24, 2.45) is 0 Å². The molecular formula is C28H25ClO3.